The highest BCUT2D eigenvalue weighted by Crippen LogP contribution is 2.37. The molecule has 1 amide bonds. The third kappa shape index (κ3) is 6.14. The minimum atomic E-state index is -4.56. The van der Waals surface area contributed by atoms with Crippen LogP contribution in [0.1, 0.15) is 5.69 Å². The van der Waals surface area contributed by atoms with Gasteiger partial charge in [-0.05, 0) is 25.1 Å². The highest BCUT2D eigenvalue weighted by atomic mass is 35.5. The number of carbonyl (C=O) groups excluding carboxylic acids is 2. The van der Waals surface area contributed by atoms with E-state index >= 15 is 0 Å². The predicted molar refractivity (Wildman–Crippen MR) is 92.0 cm³/mol. The molecule has 1 heterocycles. The smallest absolute Gasteiger partial charge is 0.405 e. The SMILES string of the molecule is Cc1ccc2c(Cl)cc(Cl)c(OCC(=O)OCC(=O)NCC(F)(F)F)c2n1. The first-order valence-corrected chi connectivity index (χ1v) is 8.19. The fourth-order valence-electron chi connectivity index (χ4n) is 2.00. The number of hydrogen-bond acceptors (Lipinski definition) is 5. The van der Waals surface area contributed by atoms with Gasteiger partial charge in [-0.2, -0.15) is 13.2 Å². The van der Waals surface area contributed by atoms with Crippen LogP contribution in [-0.2, 0) is 14.3 Å². The van der Waals surface area contributed by atoms with Gasteiger partial charge in [-0.15, -0.1) is 0 Å². The van der Waals surface area contributed by atoms with Crippen molar-refractivity contribution >= 4 is 46.0 Å². The number of ether oxygens (including phenoxy) is 2. The van der Waals surface area contributed by atoms with Crippen molar-refractivity contribution in [2.24, 2.45) is 0 Å². The number of pyridine rings is 1. The van der Waals surface area contributed by atoms with Crippen LogP contribution >= 0.6 is 23.2 Å². The number of nitrogens with one attached hydrogen (secondary N) is 1. The van der Waals surface area contributed by atoms with E-state index in [1.165, 1.54) is 6.07 Å². The van der Waals surface area contributed by atoms with Crippen LogP contribution in [0.3, 0.4) is 0 Å². The Bertz CT molecular complexity index is 875. The van der Waals surface area contributed by atoms with Crippen molar-refractivity contribution in [3.8, 4) is 5.75 Å². The van der Waals surface area contributed by atoms with Crippen LogP contribution in [0.4, 0.5) is 13.2 Å². The lowest BCUT2D eigenvalue weighted by atomic mass is 10.2. The first kappa shape index (κ1) is 21.0. The average Bonchev–Trinajstić information content (AvgIpc) is 2.57. The molecule has 0 saturated heterocycles. The molecule has 1 aromatic heterocycles. The molecule has 0 aliphatic rings. The van der Waals surface area contributed by atoms with Gasteiger partial charge in [0, 0.05) is 11.1 Å². The lowest BCUT2D eigenvalue weighted by molar-refractivity contribution is -0.152. The van der Waals surface area contributed by atoms with Gasteiger partial charge >= 0.3 is 12.1 Å². The van der Waals surface area contributed by atoms with Crippen LogP contribution in [0, 0.1) is 6.92 Å². The molecule has 11 heteroatoms. The fourth-order valence-corrected chi connectivity index (χ4v) is 2.57. The molecule has 0 radical (unpaired) electrons. The second-order valence-corrected chi connectivity index (χ2v) is 6.17. The molecule has 1 N–H and O–H groups in total. The predicted octanol–water partition coefficient (Wildman–Crippen LogP) is 3.45. The number of carbonyl (C=O) groups is 2. The van der Waals surface area contributed by atoms with Crippen molar-refractivity contribution in [1.29, 1.82) is 0 Å². The highest BCUT2D eigenvalue weighted by Gasteiger charge is 2.27. The number of alkyl halides is 3. The number of rotatable bonds is 6. The van der Waals surface area contributed by atoms with Gasteiger partial charge in [0.15, 0.2) is 19.0 Å². The number of nitrogens with zero attached hydrogens (tertiary/aromatic N) is 1. The molecule has 2 rings (SSSR count). The summed E-state index contributed by atoms with van der Waals surface area (Å²) < 4.78 is 45.8. The van der Waals surface area contributed by atoms with Crippen molar-refractivity contribution in [2.45, 2.75) is 13.1 Å². The fraction of sp³-hybridized carbons (Fsp3) is 0.312. The van der Waals surface area contributed by atoms with E-state index in [2.05, 4.69) is 9.72 Å². The van der Waals surface area contributed by atoms with Crippen molar-refractivity contribution in [3.05, 3.63) is 33.9 Å². The maximum absolute atomic E-state index is 12.0. The van der Waals surface area contributed by atoms with E-state index in [1.54, 1.807) is 24.4 Å². The molecule has 0 spiro atoms. The Morgan fingerprint density at radius 1 is 1.19 bits per heavy atom. The van der Waals surface area contributed by atoms with Crippen LogP contribution in [0.25, 0.3) is 10.9 Å². The summed E-state index contributed by atoms with van der Waals surface area (Å²) in [6.07, 6.45) is -4.56. The van der Waals surface area contributed by atoms with Crippen LogP contribution in [-0.4, -0.2) is 42.8 Å². The van der Waals surface area contributed by atoms with E-state index in [0.717, 1.165) is 0 Å². The molecule has 0 bridgehead atoms. The zero-order valence-electron chi connectivity index (χ0n) is 13.8. The quantitative estimate of drug-likeness (QED) is 0.718. The molecular weight excluding hydrogens is 412 g/mol. The zero-order valence-corrected chi connectivity index (χ0v) is 15.3. The lowest BCUT2D eigenvalue weighted by Crippen LogP contribution is -2.36. The van der Waals surface area contributed by atoms with E-state index in [0.29, 0.717) is 21.6 Å². The number of esters is 1. The molecule has 6 nitrogen and oxygen atoms in total. The monoisotopic (exact) mass is 424 g/mol. The summed E-state index contributed by atoms with van der Waals surface area (Å²) in [5.41, 5.74) is 0.998. The molecular formula is C16H13Cl2F3N2O4. The number of aryl methyl sites for hydroxylation is 1. The molecule has 0 saturated carbocycles. The Balaban J connectivity index is 1.97. The van der Waals surface area contributed by atoms with Crippen molar-refractivity contribution in [1.82, 2.24) is 10.3 Å². The van der Waals surface area contributed by atoms with Gasteiger partial charge in [-0.3, -0.25) is 4.79 Å². The topological polar surface area (TPSA) is 77.5 Å². The Kier molecular flexibility index (Phi) is 6.72. The lowest BCUT2D eigenvalue weighted by Gasteiger charge is -2.12. The first-order chi connectivity index (χ1) is 12.6. The molecule has 0 fully saturated rings. The number of hydrogen-bond donors (Lipinski definition) is 1. The third-order valence-corrected chi connectivity index (χ3v) is 3.76. The van der Waals surface area contributed by atoms with Gasteiger partial charge in [0.05, 0.1) is 10.0 Å². The van der Waals surface area contributed by atoms with E-state index < -0.39 is 37.8 Å². The Labute approximate surface area is 161 Å². The van der Waals surface area contributed by atoms with E-state index in [-0.39, 0.29) is 10.8 Å². The second-order valence-electron chi connectivity index (χ2n) is 5.36. The number of halogens is 5. The highest BCUT2D eigenvalue weighted by molar-refractivity contribution is 6.39. The molecule has 146 valence electrons. The molecule has 1 aromatic carbocycles. The summed E-state index contributed by atoms with van der Waals surface area (Å²) in [6, 6.07) is 4.87. The third-order valence-electron chi connectivity index (χ3n) is 3.16. The van der Waals surface area contributed by atoms with Gasteiger partial charge in [-0.25, -0.2) is 9.78 Å². The van der Waals surface area contributed by atoms with Crippen LogP contribution in [0.5, 0.6) is 5.75 Å². The van der Waals surface area contributed by atoms with Gasteiger partial charge in [0.1, 0.15) is 12.1 Å². The second kappa shape index (κ2) is 8.62. The van der Waals surface area contributed by atoms with Gasteiger partial charge in [0.2, 0.25) is 0 Å². The van der Waals surface area contributed by atoms with Crippen LogP contribution < -0.4 is 10.1 Å². The van der Waals surface area contributed by atoms with E-state index in [4.69, 9.17) is 27.9 Å². The molecule has 0 atom stereocenters. The summed E-state index contributed by atoms with van der Waals surface area (Å²) >= 11 is 12.2. The largest absolute Gasteiger partial charge is 0.478 e. The summed E-state index contributed by atoms with van der Waals surface area (Å²) in [5.74, 6) is -1.96. The number of aromatic nitrogens is 1. The van der Waals surface area contributed by atoms with Gasteiger partial charge in [-0.1, -0.05) is 23.2 Å². The number of amides is 1. The number of benzene rings is 1. The summed E-state index contributed by atoms with van der Waals surface area (Å²) in [4.78, 5) is 27.1. The van der Waals surface area contributed by atoms with Crippen molar-refractivity contribution in [3.63, 3.8) is 0 Å². The Morgan fingerprint density at radius 3 is 2.56 bits per heavy atom. The van der Waals surface area contributed by atoms with Crippen LogP contribution in [0.2, 0.25) is 10.0 Å². The molecule has 2 aromatic rings. The maximum atomic E-state index is 12.0. The van der Waals surface area contributed by atoms with E-state index in [1.807, 2.05) is 0 Å². The van der Waals surface area contributed by atoms with Crippen molar-refractivity contribution < 1.29 is 32.2 Å². The van der Waals surface area contributed by atoms with Crippen LogP contribution in [0.15, 0.2) is 18.2 Å². The molecule has 27 heavy (non-hydrogen) atoms. The maximum Gasteiger partial charge on any atom is 0.405 e. The zero-order chi connectivity index (χ0) is 20.2. The Morgan fingerprint density at radius 2 is 1.89 bits per heavy atom. The number of fused-ring (bicyclic) bond motifs is 1. The van der Waals surface area contributed by atoms with Crippen molar-refractivity contribution in [2.75, 3.05) is 19.8 Å². The minimum Gasteiger partial charge on any atom is -0.478 e. The molecule has 0 unspecified atom stereocenters. The summed E-state index contributed by atoms with van der Waals surface area (Å²) in [5, 5.41) is 2.59. The summed E-state index contributed by atoms with van der Waals surface area (Å²) in [7, 11) is 0. The summed E-state index contributed by atoms with van der Waals surface area (Å²) in [6.45, 7) is -1.27. The normalized spacial score (nSPS) is 11.3. The van der Waals surface area contributed by atoms with Gasteiger partial charge < -0.3 is 14.8 Å². The average molecular weight is 425 g/mol. The minimum absolute atomic E-state index is 0.0956. The van der Waals surface area contributed by atoms with Gasteiger partial charge in [0.25, 0.3) is 5.91 Å². The molecule has 0 aliphatic heterocycles. The Hall–Kier alpha value is -2.26. The first-order valence-electron chi connectivity index (χ1n) is 7.44. The molecule has 0 aliphatic carbocycles. The van der Waals surface area contributed by atoms with E-state index in [9.17, 15) is 22.8 Å². The standard InChI is InChI=1S/C16H13Cl2F3N2O4/c1-8-2-3-9-10(17)4-11(18)15(14(9)23-8)27-6-13(25)26-5-12(24)22-7-16(19,20)21/h2-4H,5-7H2,1H3,(H,22,24).